The first kappa shape index (κ1) is 9.32. The number of urea groups is 1. The molecule has 2 unspecified atom stereocenters. The Balaban J connectivity index is 2.13. The zero-order valence-corrected chi connectivity index (χ0v) is 7.47. The summed E-state index contributed by atoms with van der Waals surface area (Å²) in [5, 5.41) is 5.99. The van der Waals surface area contributed by atoms with Gasteiger partial charge in [0, 0.05) is 12.6 Å². The molecule has 0 aromatic rings. The summed E-state index contributed by atoms with van der Waals surface area (Å²) in [4.78, 5) is 10.4. The average Bonchev–Trinajstić information content (AvgIpc) is 2.03. The molecule has 12 heavy (non-hydrogen) atoms. The van der Waals surface area contributed by atoms with E-state index in [0.717, 1.165) is 6.54 Å². The highest BCUT2D eigenvalue weighted by molar-refractivity contribution is 5.71. The van der Waals surface area contributed by atoms with Crippen LogP contribution in [0.2, 0.25) is 0 Å². The standard InChI is InChI=1S/C8H17N3O/c1-6-2-3-7(4-10-6)5-11-8(9)12/h6-7,10H,2-5H2,1H3,(H3,9,11,12). The average molecular weight is 171 g/mol. The predicted octanol–water partition coefficient (Wildman–Crippen LogP) is 0.0428. The van der Waals surface area contributed by atoms with Gasteiger partial charge < -0.3 is 16.4 Å². The molecule has 0 aromatic heterocycles. The van der Waals surface area contributed by atoms with Crippen LogP contribution in [0.25, 0.3) is 0 Å². The smallest absolute Gasteiger partial charge is 0.312 e. The first-order valence-corrected chi connectivity index (χ1v) is 4.45. The number of rotatable bonds is 2. The second-order valence-electron chi connectivity index (χ2n) is 3.50. The first-order valence-electron chi connectivity index (χ1n) is 4.45. The van der Waals surface area contributed by atoms with Crippen molar-refractivity contribution in [1.29, 1.82) is 0 Å². The van der Waals surface area contributed by atoms with E-state index < -0.39 is 6.03 Å². The van der Waals surface area contributed by atoms with Crippen LogP contribution in [0, 0.1) is 5.92 Å². The molecular weight excluding hydrogens is 154 g/mol. The zero-order valence-electron chi connectivity index (χ0n) is 7.47. The number of nitrogens with one attached hydrogen (secondary N) is 2. The normalized spacial score (nSPS) is 29.8. The van der Waals surface area contributed by atoms with Crippen molar-refractivity contribution < 1.29 is 4.79 Å². The predicted molar refractivity (Wildman–Crippen MR) is 47.8 cm³/mol. The van der Waals surface area contributed by atoms with Gasteiger partial charge in [-0.2, -0.15) is 0 Å². The van der Waals surface area contributed by atoms with Crippen molar-refractivity contribution >= 4 is 6.03 Å². The SMILES string of the molecule is CC1CCC(CNC(N)=O)CN1. The largest absolute Gasteiger partial charge is 0.352 e. The molecule has 4 N–H and O–H groups in total. The molecule has 4 nitrogen and oxygen atoms in total. The second-order valence-corrected chi connectivity index (χ2v) is 3.50. The molecule has 1 aliphatic heterocycles. The number of piperidine rings is 1. The molecule has 1 heterocycles. The summed E-state index contributed by atoms with van der Waals surface area (Å²) in [7, 11) is 0. The summed E-state index contributed by atoms with van der Waals surface area (Å²) in [6.45, 7) is 3.87. The van der Waals surface area contributed by atoms with Crippen LogP contribution in [-0.2, 0) is 0 Å². The summed E-state index contributed by atoms with van der Waals surface area (Å²) >= 11 is 0. The quantitative estimate of drug-likeness (QED) is 0.549. The fourth-order valence-electron chi connectivity index (χ4n) is 1.48. The third kappa shape index (κ3) is 3.09. The maximum absolute atomic E-state index is 10.4. The monoisotopic (exact) mass is 171 g/mol. The van der Waals surface area contributed by atoms with Gasteiger partial charge in [0.1, 0.15) is 0 Å². The Morgan fingerprint density at radius 3 is 2.92 bits per heavy atom. The lowest BCUT2D eigenvalue weighted by molar-refractivity contribution is 0.243. The Morgan fingerprint density at radius 2 is 2.42 bits per heavy atom. The van der Waals surface area contributed by atoms with Crippen molar-refractivity contribution in [1.82, 2.24) is 10.6 Å². The van der Waals surface area contributed by atoms with E-state index in [9.17, 15) is 4.79 Å². The topological polar surface area (TPSA) is 67.1 Å². The molecule has 1 saturated heterocycles. The van der Waals surface area contributed by atoms with Gasteiger partial charge >= 0.3 is 6.03 Å². The van der Waals surface area contributed by atoms with Crippen molar-refractivity contribution in [2.45, 2.75) is 25.8 Å². The summed E-state index contributed by atoms with van der Waals surface area (Å²) in [6.07, 6.45) is 2.36. The van der Waals surface area contributed by atoms with Crippen molar-refractivity contribution in [3.63, 3.8) is 0 Å². The lowest BCUT2D eigenvalue weighted by Crippen LogP contribution is -2.43. The lowest BCUT2D eigenvalue weighted by atomic mass is 9.95. The zero-order chi connectivity index (χ0) is 8.97. The number of carbonyl (C=O) groups excluding carboxylic acids is 1. The summed E-state index contributed by atoms with van der Waals surface area (Å²) in [5.41, 5.74) is 4.97. The van der Waals surface area contributed by atoms with Crippen molar-refractivity contribution in [3.05, 3.63) is 0 Å². The van der Waals surface area contributed by atoms with Gasteiger partial charge in [-0.3, -0.25) is 0 Å². The minimum absolute atomic E-state index is 0.423. The maximum atomic E-state index is 10.4. The van der Waals surface area contributed by atoms with Crippen molar-refractivity contribution in [2.24, 2.45) is 11.7 Å². The highest BCUT2D eigenvalue weighted by Gasteiger charge is 2.17. The molecule has 0 aromatic carbocycles. The molecule has 0 radical (unpaired) electrons. The number of hydrogen-bond donors (Lipinski definition) is 3. The first-order chi connectivity index (χ1) is 5.68. The number of primary amides is 1. The van der Waals surface area contributed by atoms with Crippen LogP contribution in [0.4, 0.5) is 4.79 Å². The molecule has 70 valence electrons. The summed E-state index contributed by atoms with van der Waals surface area (Å²) in [5.74, 6) is 0.550. The highest BCUT2D eigenvalue weighted by Crippen LogP contribution is 2.12. The lowest BCUT2D eigenvalue weighted by Gasteiger charge is -2.27. The van der Waals surface area contributed by atoms with Crippen LogP contribution < -0.4 is 16.4 Å². The molecule has 2 amide bonds. The van der Waals surface area contributed by atoms with Gasteiger partial charge in [-0.05, 0) is 32.2 Å². The number of nitrogens with two attached hydrogens (primary N) is 1. The number of carbonyl (C=O) groups is 1. The van der Waals surface area contributed by atoms with Gasteiger partial charge in [0.15, 0.2) is 0 Å². The molecule has 0 bridgehead atoms. The second kappa shape index (κ2) is 4.30. The van der Waals surface area contributed by atoms with E-state index in [0.29, 0.717) is 18.5 Å². The van der Waals surface area contributed by atoms with E-state index in [4.69, 9.17) is 5.73 Å². The Labute approximate surface area is 72.9 Å². The molecule has 4 heteroatoms. The van der Waals surface area contributed by atoms with E-state index in [1.54, 1.807) is 0 Å². The summed E-state index contributed by atoms with van der Waals surface area (Å²) < 4.78 is 0. The van der Waals surface area contributed by atoms with Crippen molar-refractivity contribution in [3.8, 4) is 0 Å². The van der Waals surface area contributed by atoms with Gasteiger partial charge in [0.25, 0.3) is 0 Å². The fraction of sp³-hybridized carbons (Fsp3) is 0.875. The van der Waals surface area contributed by atoms with E-state index in [1.807, 2.05) is 0 Å². The van der Waals surface area contributed by atoms with Crippen LogP contribution >= 0.6 is 0 Å². The van der Waals surface area contributed by atoms with Crippen LogP contribution in [-0.4, -0.2) is 25.2 Å². The third-order valence-electron chi connectivity index (χ3n) is 2.33. The van der Waals surface area contributed by atoms with Crippen LogP contribution in [0.3, 0.4) is 0 Å². The van der Waals surface area contributed by atoms with Crippen LogP contribution in [0.15, 0.2) is 0 Å². The fourth-order valence-corrected chi connectivity index (χ4v) is 1.48. The van der Waals surface area contributed by atoms with Crippen LogP contribution in [0.5, 0.6) is 0 Å². The third-order valence-corrected chi connectivity index (χ3v) is 2.33. The van der Waals surface area contributed by atoms with E-state index in [-0.39, 0.29) is 0 Å². The van der Waals surface area contributed by atoms with Crippen LogP contribution in [0.1, 0.15) is 19.8 Å². The number of amides is 2. The minimum atomic E-state index is -0.423. The van der Waals surface area contributed by atoms with Gasteiger partial charge in [-0.25, -0.2) is 4.79 Å². The van der Waals surface area contributed by atoms with E-state index >= 15 is 0 Å². The Morgan fingerprint density at radius 1 is 1.67 bits per heavy atom. The van der Waals surface area contributed by atoms with E-state index in [2.05, 4.69) is 17.6 Å². The van der Waals surface area contributed by atoms with Gasteiger partial charge in [-0.1, -0.05) is 0 Å². The molecule has 1 aliphatic rings. The Hall–Kier alpha value is -0.770. The molecule has 0 aliphatic carbocycles. The molecule has 1 rings (SSSR count). The highest BCUT2D eigenvalue weighted by atomic mass is 16.2. The Kier molecular flexibility index (Phi) is 3.34. The van der Waals surface area contributed by atoms with Crippen molar-refractivity contribution in [2.75, 3.05) is 13.1 Å². The number of hydrogen-bond acceptors (Lipinski definition) is 2. The molecule has 0 spiro atoms. The van der Waals surface area contributed by atoms with Gasteiger partial charge in [-0.15, -0.1) is 0 Å². The van der Waals surface area contributed by atoms with E-state index in [1.165, 1.54) is 12.8 Å². The molecule has 2 atom stereocenters. The van der Waals surface area contributed by atoms with Gasteiger partial charge in [0.05, 0.1) is 0 Å². The molecule has 1 fully saturated rings. The van der Waals surface area contributed by atoms with Gasteiger partial charge in [0.2, 0.25) is 0 Å². The summed E-state index contributed by atoms with van der Waals surface area (Å²) in [6, 6.07) is 0.198. The molecule has 0 saturated carbocycles. The molecular formula is C8H17N3O. The minimum Gasteiger partial charge on any atom is -0.352 e. The Bertz CT molecular complexity index is 152. The maximum Gasteiger partial charge on any atom is 0.312 e.